The molecule has 0 aliphatic carbocycles. The first kappa shape index (κ1) is 21.9. The van der Waals surface area contributed by atoms with Gasteiger partial charge in [0, 0.05) is 26.8 Å². The quantitative estimate of drug-likeness (QED) is 0.448. The zero-order chi connectivity index (χ0) is 21.1. The first-order chi connectivity index (χ1) is 14.5. The number of halogens is 3. The molecular formula is C23H25BrCl2N2O2. The van der Waals surface area contributed by atoms with Gasteiger partial charge in [-0.25, -0.2) is 4.79 Å². The van der Waals surface area contributed by atoms with Gasteiger partial charge in [0.25, 0.3) is 0 Å². The predicted octanol–water partition coefficient (Wildman–Crippen LogP) is 6.43. The minimum atomic E-state index is -0.270. The van der Waals surface area contributed by atoms with Gasteiger partial charge in [-0.1, -0.05) is 39.1 Å². The van der Waals surface area contributed by atoms with Crippen molar-refractivity contribution in [2.24, 2.45) is 5.92 Å². The molecule has 2 saturated heterocycles. The van der Waals surface area contributed by atoms with Crippen molar-refractivity contribution in [2.75, 3.05) is 31.1 Å². The molecule has 30 heavy (non-hydrogen) atoms. The molecule has 7 heteroatoms. The van der Waals surface area contributed by atoms with E-state index >= 15 is 0 Å². The molecule has 160 valence electrons. The molecule has 2 fully saturated rings. The number of benzene rings is 2. The van der Waals surface area contributed by atoms with Crippen LogP contribution in [-0.2, 0) is 11.2 Å². The highest BCUT2D eigenvalue weighted by Gasteiger charge is 2.32. The van der Waals surface area contributed by atoms with Gasteiger partial charge in [-0.3, -0.25) is 4.90 Å². The molecule has 2 aliphatic heterocycles. The van der Waals surface area contributed by atoms with Crippen LogP contribution in [-0.4, -0.2) is 43.3 Å². The van der Waals surface area contributed by atoms with Gasteiger partial charge >= 0.3 is 6.09 Å². The lowest BCUT2D eigenvalue weighted by atomic mass is 9.90. The molecule has 0 saturated carbocycles. The number of carbonyl (C=O) groups is 1. The van der Waals surface area contributed by atoms with Crippen molar-refractivity contribution in [1.29, 1.82) is 0 Å². The highest BCUT2D eigenvalue weighted by atomic mass is 79.9. The summed E-state index contributed by atoms with van der Waals surface area (Å²) in [6.45, 7) is 3.73. The Balaban J connectivity index is 1.22. The van der Waals surface area contributed by atoms with Gasteiger partial charge in [-0.15, -0.1) is 0 Å². The van der Waals surface area contributed by atoms with Gasteiger partial charge in [0.05, 0.1) is 6.54 Å². The number of ether oxygens (including phenoxy) is 1. The van der Waals surface area contributed by atoms with Crippen molar-refractivity contribution >= 4 is 50.9 Å². The summed E-state index contributed by atoms with van der Waals surface area (Å²) in [7, 11) is 0. The van der Waals surface area contributed by atoms with E-state index < -0.39 is 0 Å². The van der Waals surface area contributed by atoms with Crippen molar-refractivity contribution in [3.05, 3.63) is 62.5 Å². The SMILES string of the molecule is O=C1OC(CCN2CCC(Cc3cc(Cl)ccc3Br)CC2)CN1c1ccc(Cl)cc1. The fourth-order valence-electron chi connectivity index (χ4n) is 4.26. The third kappa shape index (κ3) is 5.50. The maximum absolute atomic E-state index is 12.2. The number of cyclic esters (lactones) is 1. The molecule has 1 unspecified atom stereocenters. The van der Waals surface area contributed by atoms with Crippen LogP contribution in [0.2, 0.25) is 10.0 Å². The Kier molecular flexibility index (Phi) is 7.24. The van der Waals surface area contributed by atoms with Crippen LogP contribution in [0, 0.1) is 5.92 Å². The van der Waals surface area contributed by atoms with Crippen molar-refractivity contribution in [2.45, 2.75) is 31.8 Å². The normalized spacial score (nSPS) is 20.6. The standard InChI is InChI=1S/C23H25BrCl2N2O2/c24-22-6-3-19(26)14-17(22)13-16-7-10-27(11-8-16)12-9-21-15-28(23(29)30-21)20-4-1-18(25)2-5-20/h1-6,14,16,21H,7-13,15H2. The summed E-state index contributed by atoms with van der Waals surface area (Å²) < 4.78 is 6.73. The zero-order valence-corrected chi connectivity index (χ0v) is 19.8. The second-order valence-electron chi connectivity index (χ2n) is 8.11. The third-order valence-electron chi connectivity index (χ3n) is 6.00. The summed E-state index contributed by atoms with van der Waals surface area (Å²) in [6.07, 6.45) is 3.95. The molecule has 2 heterocycles. The number of rotatable bonds is 6. The number of hydrogen-bond acceptors (Lipinski definition) is 3. The van der Waals surface area contributed by atoms with E-state index in [-0.39, 0.29) is 12.2 Å². The van der Waals surface area contributed by atoms with Crippen molar-refractivity contribution in [3.8, 4) is 0 Å². The molecule has 2 aliphatic rings. The van der Waals surface area contributed by atoms with Gasteiger partial charge in [0.15, 0.2) is 0 Å². The van der Waals surface area contributed by atoms with Crippen LogP contribution >= 0.6 is 39.1 Å². The van der Waals surface area contributed by atoms with E-state index in [1.165, 1.54) is 18.4 Å². The van der Waals surface area contributed by atoms with Crippen LogP contribution in [0.5, 0.6) is 0 Å². The lowest BCUT2D eigenvalue weighted by Crippen LogP contribution is -2.36. The minimum absolute atomic E-state index is 0.0617. The van der Waals surface area contributed by atoms with Crippen LogP contribution in [0.1, 0.15) is 24.8 Å². The highest BCUT2D eigenvalue weighted by molar-refractivity contribution is 9.10. The Bertz CT molecular complexity index is 885. The molecule has 4 rings (SSSR count). The molecule has 2 aromatic rings. The molecule has 0 bridgehead atoms. The number of hydrogen-bond donors (Lipinski definition) is 0. The molecule has 4 nitrogen and oxygen atoms in total. The Labute approximate surface area is 196 Å². The van der Waals surface area contributed by atoms with Gasteiger partial charge in [0.2, 0.25) is 0 Å². The van der Waals surface area contributed by atoms with Gasteiger partial charge in [-0.2, -0.15) is 0 Å². The summed E-state index contributed by atoms with van der Waals surface area (Å²) in [5.74, 6) is 0.681. The molecule has 0 radical (unpaired) electrons. The van der Waals surface area contributed by atoms with Crippen molar-refractivity contribution < 1.29 is 9.53 Å². The smallest absolute Gasteiger partial charge is 0.414 e. The van der Waals surface area contributed by atoms with E-state index in [4.69, 9.17) is 27.9 Å². The molecule has 0 spiro atoms. The Morgan fingerprint density at radius 2 is 1.73 bits per heavy atom. The van der Waals surface area contributed by atoms with E-state index in [9.17, 15) is 4.79 Å². The Morgan fingerprint density at radius 3 is 2.47 bits per heavy atom. The van der Waals surface area contributed by atoms with Crippen molar-refractivity contribution in [1.82, 2.24) is 4.90 Å². The number of likely N-dealkylation sites (tertiary alicyclic amines) is 1. The van der Waals surface area contributed by atoms with Crippen LogP contribution in [0.25, 0.3) is 0 Å². The van der Waals surface area contributed by atoms with Gasteiger partial charge in [-0.05, 0) is 92.7 Å². The Morgan fingerprint density at radius 1 is 1.03 bits per heavy atom. The number of anilines is 1. The number of piperidine rings is 1. The third-order valence-corrected chi connectivity index (χ3v) is 7.26. The van der Waals surface area contributed by atoms with E-state index in [1.807, 2.05) is 24.3 Å². The van der Waals surface area contributed by atoms with E-state index in [2.05, 4.69) is 26.9 Å². The number of nitrogens with zero attached hydrogens (tertiary/aromatic N) is 2. The summed E-state index contributed by atoms with van der Waals surface area (Å²) in [6, 6.07) is 13.3. The van der Waals surface area contributed by atoms with Gasteiger partial charge < -0.3 is 9.64 Å². The fraction of sp³-hybridized carbons (Fsp3) is 0.435. The topological polar surface area (TPSA) is 32.8 Å². The van der Waals surface area contributed by atoms with Crippen LogP contribution < -0.4 is 4.90 Å². The first-order valence-electron chi connectivity index (χ1n) is 10.4. The zero-order valence-electron chi connectivity index (χ0n) is 16.7. The summed E-state index contributed by atoms with van der Waals surface area (Å²) >= 11 is 15.7. The minimum Gasteiger partial charge on any atom is -0.444 e. The number of carbonyl (C=O) groups excluding carboxylic acids is 1. The molecule has 0 aromatic heterocycles. The highest BCUT2D eigenvalue weighted by Crippen LogP contribution is 2.29. The van der Waals surface area contributed by atoms with Crippen LogP contribution in [0.3, 0.4) is 0 Å². The monoisotopic (exact) mass is 510 g/mol. The molecular weight excluding hydrogens is 487 g/mol. The maximum atomic E-state index is 12.2. The lowest BCUT2D eigenvalue weighted by Gasteiger charge is -2.32. The van der Waals surface area contributed by atoms with Gasteiger partial charge in [0.1, 0.15) is 6.10 Å². The van der Waals surface area contributed by atoms with Crippen molar-refractivity contribution in [3.63, 3.8) is 0 Å². The average Bonchev–Trinajstić information content (AvgIpc) is 3.11. The lowest BCUT2D eigenvalue weighted by molar-refractivity contribution is 0.116. The molecule has 1 atom stereocenters. The second-order valence-corrected chi connectivity index (χ2v) is 9.83. The van der Waals surface area contributed by atoms with E-state index in [0.29, 0.717) is 17.5 Å². The summed E-state index contributed by atoms with van der Waals surface area (Å²) in [5.41, 5.74) is 2.13. The summed E-state index contributed by atoms with van der Waals surface area (Å²) in [4.78, 5) is 16.4. The molecule has 2 aromatic carbocycles. The second kappa shape index (κ2) is 9.90. The van der Waals surface area contributed by atoms with Crippen LogP contribution in [0.15, 0.2) is 46.9 Å². The summed E-state index contributed by atoms with van der Waals surface area (Å²) in [5, 5.41) is 1.46. The Hall–Kier alpha value is -1.27. The first-order valence-corrected chi connectivity index (χ1v) is 11.9. The fourth-order valence-corrected chi connectivity index (χ4v) is 4.98. The number of amides is 1. The molecule has 1 amide bonds. The van der Waals surface area contributed by atoms with Crippen LogP contribution in [0.4, 0.5) is 10.5 Å². The molecule has 0 N–H and O–H groups in total. The largest absolute Gasteiger partial charge is 0.444 e. The van der Waals surface area contributed by atoms with E-state index in [0.717, 1.165) is 47.7 Å². The average molecular weight is 512 g/mol. The van der Waals surface area contributed by atoms with E-state index in [1.54, 1.807) is 17.0 Å². The maximum Gasteiger partial charge on any atom is 0.414 e. The predicted molar refractivity (Wildman–Crippen MR) is 126 cm³/mol.